The van der Waals surface area contributed by atoms with Crippen molar-refractivity contribution in [3.05, 3.63) is 34.9 Å². The van der Waals surface area contributed by atoms with Crippen molar-refractivity contribution in [2.24, 2.45) is 10.2 Å². The van der Waals surface area contributed by atoms with Crippen LogP contribution in [0, 0.1) is 0 Å². The van der Waals surface area contributed by atoms with Crippen molar-refractivity contribution in [3.63, 3.8) is 0 Å². The average molecular weight is 209 g/mol. The van der Waals surface area contributed by atoms with Crippen LogP contribution >= 0.6 is 11.6 Å². The molecular formula is C9H9ClN4. The number of benzene rings is 1. The third kappa shape index (κ3) is 1.70. The molecule has 0 saturated heterocycles. The van der Waals surface area contributed by atoms with Gasteiger partial charge in [0, 0.05) is 12.6 Å². The van der Waals surface area contributed by atoms with E-state index in [1.165, 1.54) is 0 Å². The van der Waals surface area contributed by atoms with Crippen LogP contribution < -0.4 is 5.43 Å². The molecule has 1 aromatic carbocycles. The van der Waals surface area contributed by atoms with Gasteiger partial charge in [-0.05, 0) is 12.1 Å². The summed E-state index contributed by atoms with van der Waals surface area (Å²) in [5, 5.41) is 10.2. The minimum absolute atomic E-state index is 0.653. The number of nitrogens with zero attached hydrogens (tertiary/aromatic N) is 3. The molecule has 2 rings (SSSR count). The summed E-state index contributed by atoms with van der Waals surface area (Å²) >= 11 is 6.01. The molecule has 0 saturated carbocycles. The van der Waals surface area contributed by atoms with Crippen molar-refractivity contribution in [3.8, 4) is 0 Å². The summed E-state index contributed by atoms with van der Waals surface area (Å²) in [7, 11) is 1.84. The van der Waals surface area contributed by atoms with Gasteiger partial charge in [0.25, 0.3) is 0 Å². The number of hydrogen-bond acceptors (Lipinski definition) is 4. The Hall–Kier alpha value is -1.55. The van der Waals surface area contributed by atoms with Gasteiger partial charge in [0.15, 0.2) is 5.84 Å². The van der Waals surface area contributed by atoms with Gasteiger partial charge in [0.05, 0.1) is 5.02 Å². The zero-order valence-electron chi connectivity index (χ0n) is 7.61. The second-order valence-corrected chi connectivity index (χ2v) is 3.29. The first-order valence-electron chi connectivity index (χ1n) is 4.13. The summed E-state index contributed by atoms with van der Waals surface area (Å²) < 4.78 is 0. The normalized spacial score (nSPS) is 15.0. The van der Waals surface area contributed by atoms with Crippen LogP contribution in [0.3, 0.4) is 0 Å². The van der Waals surface area contributed by atoms with Crippen LogP contribution in [0.15, 0.2) is 34.5 Å². The molecular weight excluding hydrogens is 200 g/mol. The van der Waals surface area contributed by atoms with Crippen LogP contribution in [-0.2, 0) is 0 Å². The molecule has 1 heterocycles. The molecule has 0 unspecified atom stereocenters. The van der Waals surface area contributed by atoms with Gasteiger partial charge >= 0.3 is 0 Å². The Balaban J connectivity index is 2.36. The Morgan fingerprint density at radius 1 is 1.36 bits per heavy atom. The highest BCUT2D eigenvalue weighted by atomic mass is 35.5. The Morgan fingerprint density at radius 2 is 2.14 bits per heavy atom. The van der Waals surface area contributed by atoms with E-state index < -0.39 is 0 Å². The maximum absolute atomic E-state index is 6.01. The van der Waals surface area contributed by atoms with E-state index in [1.807, 2.05) is 31.3 Å². The average Bonchev–Trinajstić information content (AvgIpc) is 2.18. The predicted molar refractivity (Wildman–Crippen MR) is 57.4 cm³/mol. The second kappa shape index (κ2) is 3.67. The minimum Gasteiger partial charge on any atom is -0.279 e. The monoisotopic (exact) mass is 208 g/mol. The molecule has 1 aliphatic rings. The first kappa shape index (κ1) is 9.02. The van der Waals surface area contributed by atoms with Crippen molar-refractivity contribution >= 4 is 23.8 Å². The molecule has 5 heteroatoms. The second-order valence-electron chi connectivity index (χ2n) is 2.88. The van der Waals surface area contributed by atoms with E-state index in [-0.39, 0.29) is 0 Å². The molecule has 0 radical (unpaired) electrons. The van der Waals surface area contributed by atoms with Crippen LogP contribution in [0.5, 0.6) is 0 Å². The fourth-order valence-electron chi connectivity index (χ4n) is 1.15. The highest BCUT2D eigenvalue weighted by Crippen LogP contribution is 2.15. The summed E-state index contributed by atoms with van der Waals surface area (Å²) in [6.07, 6.45) is 1.58. The molecule has 0 fully saturated rings. The maximum atomic E-state index is 6.01. The molecule has 0 aromatic heterocycles. The molecule has 4 nitrogen and oxygen atoms in total. The Morgan fingerprint density at radius 3 is 2.86 bits per heavy atom. The summed E-state index contributed by atoms with van der Waals surface area (Å²) in [5.41, 5.74) is 3.87. The minimum atomic E-state index is 0.653. The van der Waals surface area contributed by atoms with Crippen molar-refractivity contribution in [1.82, 2.24) is 10.4 Å². The molecule has 0 aliphatic carbocycles. The smallest absolute Gasteiger partial charge is 0.176 e. The molecule has 14 heavy (non-hydrogen) atoms. The van der Waals surface area contributed by atoms with Gasteiger partial charge < -0.3 is 0 Å². The zero-order valence-corrected chi connectivity index (χ0v) is 8.36. The Bertz CT molecular complexity index is 400. The lowest BCUT2D eigenvalue weighted by atomic mass is 10.2. The number of rotatable bonds is 1. The van der Waals surface area contributed by atoms with E-state index in [0.717, 1.165) is 5.56 Å². The zero-order chi connectivity index (χ0) is 9.97. The van der Waals surface area contributed by atoms with Gasteiger partial charge in [-0.15, -0.1) is 10.2 Å². The summed E-state index contributed by atoms with van der Waals surface area (Å²) in [6, 6.07) is 7.49. The highest BCUT2D eigenvalue weighted by molar-refractivity contribution is 6.34. The van der Waals surface area contributed by atoms with E-state index in [2.05, 4.69) is 15.6 Å². The Labute approximate surface area is 86.9 Å². The van der Waals surface area contributed by atoms with E-state index >= 15 is 0 Å². The standard InChI is InChI=1S/C9H9ClN4/c1-14-6-11-12-9(13-14)7-4-2-3-5-8(7)10/h2-6H,1H3,(H,12,13). The van der Waals surface area contributed by atoms with Crippen LogP contribution in [-0.4, -0.2) is 24.2 Å². The molecule has 1 N–H and O–H groups in total. The topological polar surface area (TPSA) is 40.0 Å². The lowest BCUT2D eigenvalue weighted by Gasteiger charge is -2.20. The molecule has 0 spiro atoms. The Kier molecular flexibility index (Phi) is 2.37. The fourth-order valence-corrected chi connectivity index (χ4v) is 1.37. The SMILES string of the molecule is CN1C=NN=C(c2ccccc2Cl)N1. The fraction of sp³-hybridized carbons (Fsp3) is 0.111. The summed E-state index contributed by atoms with van der Waals surface area (Å²) in [5.74, 6) is 0.653. The maximum Gasteiger partial charge on any atom is 0.176 e. The summed E-state index contributed by atoms with van der Waals surface area (Å²) in [6.45, 7) is 0. The molecule has 0 amide bonds. The van der Waals surface area contributed by atoms with Gasteiger partial charge in [0.2, 0.25) is 0 Å². The van der Waals surface area contributed by atoms with E-state index in [9.17, 15) is 0 Å². The van der Waals surface area contributed by atoms with Gasteiger partial charge in [-0.2, -0.15) is 0 Å². The predicted octanol–water partition coefficient (Wildman–Crippen LogP) is 1.48. The quantitative estimate of drug-likeness (QED) is 0.760. The lowest BCUT2D eigenvalue weighted by Crippen LogP contribution is -2.40. The van der Waals surface area contributed by atoms with Crippen molar-refractivity contribution < 1.29 is 0 Å². The van der Waals surface area contributed by atoms with Crippen LogP contribution in [0.4, 0.5) is 0 Å². The molecule has 1 aromatic rings. The first-order chi connectivity index (χ1) is 6.77. The molecule has 0 bridgehead atoms. The van der Waals surface area contributed by atoms with Gasteiger partial charge in [-0.25, -0.2) is 0 Å². The lowest BCUT2D eigenvalue weighted by molar-refractivity contribution is 0.461. The van der Waals surface area contributed by atoms with E-state index in [0.29, 0.717) is 10.9 Å². The number of nitrogens with one attached hydrogen (secondary N) is 1. The van der Waals surface area contributed by atoms with Gasteiger partial charge in [-0.1, -0.05) is 23.7 Å². The van der Waals surface area contributed by atoms with Crippen molar-refractivity contribution in [2.75, 3.05) is 7.05 Å². The van der Waals surface area contributed by atoms with Gasteiger partial charge in [-0.3, -0.25) is 10.4 Å². The molecule has 1 aliphatic heterocycles. The van der Waals surface area contributed by atoms with Crippen LogP contribution in [0.1, 0.15) is 5.56 Å². The third-order valence-electron chi connectivity index (χ3n) is 1.79. The molecule has 0 atom stereocenters. The largest absolute Gasteiger partial charge is 0.279 e. The van der Waals surface area contributed by atoms with Crippen LogP contribution in [0.25, 0.3) is 0 Å². The van der Waals surface area contributed by atoms with E-state index in [4.69, 9.17) is 11.6 Å². The van der Waals surface area contributed by atoms with Crippen LogP contribution in [0.2, 0.25) is 5.02 Å². The first-order valence-corrected chi connectivity index (χ1v) is 4.51. The highest BCUT2D eigenvalue weighted by Gasteiger charge is 2.10. The van der Waals surface area contributed by atoms with Gasteiger partial charge in [0.1, 0.15) is 6.34 Å². The number of hydrogen-bond donors (Lipinski definition) is 1. The molecule has 72 valence electrons. The van der Waals surface area contributed by atoms with Crippen molar-refractivity contribution in [1.29, 1.82) is 0 Å². The third-order valence-corrected chi connectivity index (χ3v) is 2.12. The van der Waals surface area contributed by atoms with E-state index in [1.54, 1.807) is 11.3 Å². The number of halogens is 1. The number of hydrazine groups is 1. The summed E-state index contributed by atoms with van der Waals surface area (Å²) in [4.78, 5) is 0. The number of amidine groups is 1. The van der Waals surface area contributed by atoms with Crippen molar-refractivity contribution in [2.45, 2.75) is 0 Å².